The molecule has 3 aromatic carbocycles. The molecule has 0 unspecified atom stereocenters. The van der Waals surface area contributed by atoms with Crippen LogP contribution in [0.4, 0.5) is 14.5 Å². The number of hydrogen-bond donors (Lipinski definition) is 1. The highest BCUT2D eigenvalue weighted by molar-refractivity contribution is 7.98. The minimum absolute atomic E-state index is 0.125. The average Bonchev–Trinajstić information content (AvgIpc) is 2.80. The number of carbonyl (C=O) groups excluding carboxylic acids is 1. The molecule has 10 heteroatoms. The third-order valence-electron chi connectivity index (χ3n) is 4.89. The fourth-order valence-corrected chi connectivity index (χ4v) is 5.67. The van der Waals surface area contributed by atoms with E-state index in [2.05, 4.69) is 5.32 Å². The minimum Gasteiger partial charge on any atom is -0.354 e. The van der Waals surface area contributed by atoms with E-state index in [9.17, 15) is 22.0 Å². The van der Waals surface area contributed by atoms with Crippen LogP contribution in [0.15, 0.2) is 71.6 Å². The molecule has 0 heterocycles. The number of carbonyl (C=O) groups is 1. The van der Waals surface area contributed by atoms with Gasteiger partial charge in [0.1, 0.15) is 18.2 Å². The maximum absolute atomic E-state index is 13.8. The molecule has 0 radical (unpaired) electrons. The monoisotopic (exact) mass is 524 g/mol. The van der Waals surface area contributed by atoms with Gasteiger partial charge in [-0.1, -0.05) is 35.4 Å². The summed E-state index contributed by atoms with van der Waals surface area (Å²) in [5, 5.41) is 3.03. The highest BCUT2D eigenvalue weighted by Crippen LogP contribution is 2.25. The van der Waals surface area contributed by atoms with Gasteiger partial charge in [0.25, 0.3) is 10.0 Å². The molecule has 1 N–H and O–H groups in total. The maximum atomic E-state index is 13.8. The predicted octanol–water partition coefficient (Wildman–Crippen LogP) is 5.17. The Morgan fingerprint density at radius 3 is 2.35 bits per heavy atom. The van der Waals surface area contributed by atoms with Crippen molar-refractivity contribution in [2.45, 2.75) is 17.6 Å². The van der Waals surface area contributed by atoms with E-state index >= 15 is 0 Å². The average molecular weight is 525 g/mol. The van der Waals surface area contributed by atoms with E-state index in [1.165, 1.54) is 23.9 Å². The van der Waals surface area contributed by atoms with Crippen LogP contribution < -0.4 is 9.62 Å². The number of aryl methyl sites for hydroxylation is 1. The topological polar surface area (TPSA) is 66.5 Å². The lowest BCUT2D eigenvalue weighted by atomic mass is 10.2. The molecular formula is C24H23ClF2N2O3S2. The van der Waals surface area contributed by atoms with Gasteiger partial charge in [0, 0.05) is 28.6 Å². The molecule has 0 atom stereocenters. The number of rotatable bonds is 10. The first kappa shape index (κ1) is 26.0. The van der Waals surface area contributed by atoms with Gasteiger partial charge < -0.3 is 5.32 Å². The Kier molecular flexibility index (Phi) is 8.93. The summed E-state index contributed by atoms with van der Waals surface area (Å²) >= 11 is 7.40. The Balaban J connectivity index is 1.64. The summed E-state index contributed by atoms with van der Waals surface area (Å²) in [7, 11) is -4.12. The molecule has 5 nitrogen and oxygen atoms in total. The Hall–Kier alpha value is -2.62. The second kappa shape index (κ2) is 11.7. The molecule has 0 aliphatic carbocycles. The molecule has 1 amide bonds. The van der Waals surface area contributed by atoms with E-state index in [1.807, 2.05) is 6.92 Å². The number of nitrogens with zero attached hydrogens (tertiary/aromatic N) is 1. The van der Waals surface area contributed by atoms with Gasteiger partial charge in [0.2, 0.25) is 5.91 Å². The number of benzene rings is 3. The highest BCUT2D eigenvalue weighted by atomic mass is 35.5. The molecule has 0 aromatic heterocycles. The third-order valence-corrected chi connectivity index (χ3v) is 8.02. The summed E-state index contributed by atoms with van der Waals surface area (Å²) in [5.74, 6) is -0.631. The van der Waals surface area contributed by atoms with Crippen LogP contribution in [0.5, 0.6) is 0 Å². The second-order valence-electron chi connectivity index (χ2n) is 7.40. The molecule has 0 aliphatic rings. The predicted molar refractivity (Wildman–Crippen MR) is 133 cm³/mol. The lowest BCUT2D eigenvalue weighted by molar-refractivity contribution is -0.119. The van der Waals surface area contributed by atoms with Crippen molar-refractivity contribution in [1.82, 2.24) is 5.32 Å². The Labute approximate surface area is 207 Å². The standard InChI is InChI=1S/C24H23ClF2N2O3S2/c1-17-5-9-19(10-6-17)29(34(31,32)20-11-7-18(26)8-12-20)15-24(30)28-13-14-33-16-21-22(25)3-2-4-23(21)27/h2-12H,13-16H2,1H3,(H,28,30). The first-order valence-electron chi connectivity index (χ1n) is 10.3. The number of anilines is 1. The summed E-state index contributed by atoms with van der Waals surface area (Å²) in [4.78, 5) is 12.5. The van der Waals surface area contributed by atoms with Crippen molar-refractivity contribution in [3.8, 4) is 0 Å². The summed E-state index contributed by atoms with van der Waals surface area (Å²) in [6.45, 7) is 1.67. The van der Waals surface area contributed by atoms with Gasteiger partial charge >= 0.3 is 0 Å². The van der Waals surface area contributed by atoms with Gasteiger partial charge in [-0.15, -0.1) is 0 Å². The SMILES string of the molecule is Cc1ccc(N(CC(=O)NCCSCc2c(F)cccc2Cl)S(=O)(=O)c2ccc(F)cc2)cc1. The van der Waals surface area contributed by atoms with E-state index in [0.29, 0.717) is 27.8 Å². The largest absolute Gasteiger partial charge is 0.354 e. The fourth-order valence-electron chi connectivity index (χ4n) is 3.05. The zero-order valence-electron chi connectivity index (χ0n) is 18.3. The lowest BCUT2D eigenvalue weighted by Gasteiger charge is -2.24. The van der Waals surface area contributed by atoms with Crippen LogP contribution in [0, 0.1) is 18.6 Å². The van der Waals surface area contributed by atoms with E-state index in [0.717, 1.165) is 34.1 Å². The maximum Gasteiger partial charge on any atom is 0.264 e. The van der Waals surface area contributed by atoms with Crippen LogP contribution >= 0.6 is 23.4 Å². The molecular weight excluding hydrogens is 502 g/mol. The number of amides is 1. The summed E-state index contributed by atoms with van der Waals surface area (Å²) in [6, 6.07) is 15.6. The van der Waals surface area contributed by atoms with E-state index in [-0.39, 0.29) is 17.3 Å². The zero-order valence-corrected chi connectivity index (χ0v) is 20.7. The Morgan fingerprint density at radius 1 is 1.03 bits per heavy atom. The smallest absolute Gasteiger partial charge is 0.264 e. The van der Waals surface area contributed by atoms with Gasteiger partial charge in [-0.25, -0.2) is 17.2 Å². The van der Waals surface area contributed by atoms with Crippen molar-refractivity contribution in [1.29, 1.82) is 0 Å². The number of thioether (sulfide) groups is 1. The molecule has 3 aromatic rings. The van der Waals surface area contributed by atoms with Gasteiger partial charge in [-0.3, -0.25) is 9.10 Å². The van der Waals surface area contributed by atoms with Gasteiger partial charge in [0.15, 0.2) is 0 Å². The normalized spacial score (nSPS) is 11.3. The molecule has 0 saturated heterocycles. The molecule has 3 rings (SSSR count). The van der Waals surface area contributed by atoms with Crippen LogP contribution in [0.3, 0.4) is 0 Å². The van der Waals surface area contributed by atoms with Gasteiger partial charge in [0.05, 0.1) is 10.6 Å². The van der Waals surface area contributed by atoms with Crippen molar-refractivity contribution >= 4 is 45.0 Å². The van der Waals surface area contributed by atoms with Crippen molar-refractivity contribution < 1.29 is 22.0 Å². The second-order valence-corrected chi connectivity index (χ2v) is 10.8. The number of sulfonamides is 1. The van der Waals surface area contributed by atoms with Crippen molar-refractivity contribution in [2.24, 2.45) is 0 Å². The molecule has 0 bridgehead atoms. The van der Waals surface area contributed by atoms with Crippen molar-refractivity contribution in [3.05, 3.63) is 94.5 Å². The van der Waals surface area contributed by atoms with Gasteiger partial charge in [-0.2, -0.15) is 11.8 Å². The third kappa shape index (κ3) is 6.71. The zero-order chi connectivity index (χ0) is 24.7. The van der Waals surface area contributed by atoms with E-state index in [1.54, 1.807) is 30.3 Å². The van der Waals surface area contributed by atoms with Crippen LogP contribution in [-0.2, 0) is 20.6 Å². The fraction of sp³-hybridized carbons (Fsp3) is 0.208. The Bertz CT molecular complexity index is 1220. The quantitative estimate of drug-likeness (QED) is 0.371. The number of hydrogen-bond acceptors (Lipinski definition) is 4. The number of nitrogens with one attached hydrogen (secondary N) is 1. The summed E-state index contributed by atoms with van der Waals surface area (Å²) in [6.07, 6.45) is 0. The van der Waals surface area contributed by atoms with Crippen LogP contribution in [0.1, 0.15) is 11.1 Å². The van der Waals surface area contributed by atoms with Crippen molar-refractivity contribution in [2.75, 3.05) is 23.1 Å². The molecule has 0 aliphatic heterocycles. The summed E-state index contributed by atoms with van der Waals surface area (Å²) in [5.41, 5.74) is 1.64. The van der Waals surface area contributed by atoms with Gasteiger partial charge in [-0.05, 0) is 55.5 Å². The first-order valence-corrected chi connectivity index (χ1v) is 13.3. The van der Waals surface area contributed by atoms with Crippen LogP contribution in [-0.4, -0.2) is 33.2 Å². The van der Waals surface area contributed by atoms with E-state index in [4.69, 9.17) is 11.6 Å². The van der Waals surface area contributed by atoms with Crippen molar-refractivity contribution in [3.63, 3.8) is 0 Å². The lowest BCUT2D eigenvalue weighted by Crippen LogP contribution is -2.41. The van der Waals surface area contributed by atoms with Crippen LogP contribution in [0.2, 0.25) is 5.02 Å². The summed E-state index contributed by atoms with van der Waals surface area (Å²) < 4.78 is 54.6. The molecule has 34 heavy (non-hydrogen) atoms. The van der Waals surface area contributed by atoms with E-state index < -0.39 is 28.3 Å². The Morgan fingerprint density at radius 2 is 1.71 bits per heavy atom. The molecule has 0 fully saturated rings. The highest BCUT2D eigenvalue weighted by Gasteiger charge is 2.27. The first-order chi connectivity index (χ1) is 16.2. The molecule has 0 spiro atoms. The molecule has 0 saturated carbocycles. The molecule has 180 valence electrons. The van der Waals surface area contributed by atoms with Crippen LogP contribution in [0.25, 0.3) is 0 Å². The number of halogens is 3. The minimum atomic E-state index is -4.12.